The maximum atomic E-state index is 12.4. The fourth-order valence-electron chi connectivity index (χ4n) is 1.98. The molecule has 0 spiro atoms. The van der Waals surface area contributed by atoms with Crippen LogP contribution < -0.4 is 5.73 Å². The molecule has 106 valence electrons. The predicted octanol–water partition coefficient (Wildman–Crippen LogP) is 3.08. The van der Waals surface area contributed by atoms with E-state index in [0.717, 1.165) is 16.7 Å². The van der Waals surface area contributed by atoms with Gasteiger partial charge in [0.1, 0.15) is 0 Å². The van der Waals surface area contributed by atoms with Gasteiger partial charge in [-0.05, 0) is 47.9 Å². The molecule has 0 aliphatic rings. The number of nitrogens with two attached hydrogens (primary N) is 1. The van der Waals surface area contributed by atoms with Gasteiger partial charge in [-0.25, -0.2) is 8.42 Å². The van der Waals surface area contributed by atoms with E-state index >= 15 is 0 Å². The van der Waals surface area contributed by atoms with Crippen LogP contribution in [0.4, 0.5) is 0 Å². The van der Waals surface area contributed by atoms with Crippen LogP contribution in [0.1, 0.15) is 16.7 Å². The summed E-state index contributed by atoms with van der Waals surface area (Å²) >= 11 is 5.77. The van der Waals surface area contributed by atoms with Crippen LogP contribution in [0.2, 0.25) is 5.02 Å². The highest BCUT2D eigenvalue weighted by Crippen LogP contribution is 2.21. The predicted molar refractivity (Wildman–Crippen MR) is 81.4 cm³/mol. The first kappa shape index (κ1) is 15.0. The Kier molecular flexibility index (Phi) is 4.48. The van der Waals surface area contributed by atoms with Crippen molar-refractivity contribution in [1.29, 1.82) is 0 Å². The molecule has 0 fully saturated rings. The number of halogens is 1. The summed E-state index contributed by atoms with van der Waals surface area (Å²) < 4.78 is 24.7. The van der Waals surface area contributed by atoms with Gasteiger partial charge in [-0.15, -0.1) is 0 Å². The van der Waals surface area contributed by atoms with E-state index < -0.39 is 9.84 Å². The maximum absolute atomic E-state index is 12.4. The first-order valence-corrected chi connectivity index (χ1v) is 8.22. The summed E-state index contributed by atoms with van der Waals surface area (Å²) in [6, 6.07) is 11.8. The maximum Gasteiger partial charge on any atom is 0.182 e. The van der Waals surface area contributed by atoms with Crippen molar-refractivity contribution in [3.63, 3.8) is 0 Å². The van der Waals surface area contributed by atoms with Crippen LogP contribution in [-0.4, -0.2) is 8.42 Å². The van der Waals surface area contributed by atoms with Crippen molar-refractivity contribution in [2.75, 3.05) is 0 Å². The molecule has 0 amide bonds. The van der Waals surface area contributed by atoms with Crippen molar-refractivity contribution in [2.24, 2.45) is 5.73 Å². The second kappa shape index (κ2) is 5.95. The Labute approximate surface area is 124 Å². The molecule has 0 bridgehead atoms. The smallest absolute Gasteiger partial charge is 0.182 e. The van der Waals surface area contributed by atoms with Gasteiger partial charge in [-0.2, -0.15) is 0 Å². The average molecular weight is 310 g/mol. The van der Waals surface area contributed by atoms with Crippen LogP contribution >= 0.6 is 11.6 Å². The molecular weight excluding hydrogens is 294 g/mol. The Morgan fingerprint density at radius 1 is 1.10 bits per heavy atom. The second-order valence-electron chi connectivity index (χ2n) is 4.68. The minimum absolute atomic E-state index is 0.0225. The third kappa shape index (κ3) is 3.39. The quantitative estimate of drug-likeness (QED) is 0.944. The molecule has 3 nitrogen and oxygen atoms in total. The normalized spacial score (nSPS) is 11.6. The van der Waals surface area contributed by atoms with Crippen LogP contribution in [0, 0.1) is 6.92 Å². The van der Waals surface area contributed by atoms with Crippen molar-refractivity contribution in [2.45, 2.75) is 24.1 Å². The topological polar surface area (TPSA) is 60.2 Å². The largest absolute Gasteiger partial charge is 0.326 e. The van der Waals surface area contributed by atoms with Crippen molar-refractivity contribution >= 4 is 21.4 Å². The molecule has 0 saturated heterocycles. The lowest BCUT2D eigenvalue weighted by atomic mass is 10.1. The number of sulfone groups is 1. The van der Waals surface area contributed by atoms with Crippen LogP contribution in [0.5, 0.6) is 0 Å². The number of rotatable bonds is 4. The molecule has 0 saturated carbocycles. The molecule has 2 rings (SSSR count). The van der Waals surface area contributed by atoms with Gasteiger partial charge in [0, 0.05) is 11.6 Å². The number of hydrogen-bond acceptors (Lipinski definition) is 3. The van der Waals surface area contributed by atoms with Crippen molar-refractivity contribution in [3.8, 4) is 0 Å². The van der Waals surface area contributed by atoms with Gasteiger partial charge in [0.05, 0.1) is 10.6 Å². The van der Waals surface area contributed by atoms with E-state index in [-0.39, 0.29) is 10.6 Å². The molecule has 0 heterocycles. The highest BCUT2D eigenvalue weighted by Gasteiger charge is 2.16. The van der Waals surface area contributed by atoms with Gasteiger partial charge < -0.3 is 5.73 Å². The summed E-state index contributed by atoms with van der Waals surface area (Å²) in [6.07, 6.45) is 0. The molecule has 0 atom stereocenters. The first-order chi connectivity index (χ1) is 9.42. The zero-order valence-corrected chi connectivity index (χ0v) is 12.7. The number of hydrogen-bond donors (Lipinski definition) is 1. The van der Waals surface area contributed by atoms with E-state index in [2.05, 4.69) is 0 Å². The summed E-state index contributed by atoms with van der Waals surface area (Å²) in [6.45, 7) is 2.34. The zero-order chi connectivity index (χ0) is 14.8. The fraction of sp³-hybridized carbons (Fsp3) is 0.200. The summed E-state index contributed by atoms with van der Waals surface area (Å²) in [4.78, 5) is 0.282. The van der Waals surface area contributed by atoms with E-state index in [1.165, 1.54) is 12.1 Å². The molecule has 2 aromatic carbocycles. The van der Waals surface area contributed by atoms with Crippen LogP contribution in [0.25, 0.3) is 0 Å². The van der Waals surface area contributed by atoms with E-state index in [4.69, 9.17) is 17.3 Å². The van der Waals surface area contributed by atoms with E-state index in [1.807, 2.05) is 25.1 Å². The standard InChI is InChI=1S/C15H16ClNO2S/c1-11-8-12(9-17)2-3-13(11)10-20(18,19)15-6-4-14(16)5-7-15/h2-8H,9-10,17H2,1H3. The van der Waals surface area contributed by atoms with E-state index in [1.54, 1.807) is 12.1 Å². The van der Waals surface area contributed by atoms with Gasteiger partial charge in [0.25, 0.3) is 0 Å². The SMILES string of the molecule is Cc1cc(CN)ccc1CS(=O)(=O)c1ccc(Cl)cc1. The highest BCUT2D eigenvalue weighted by molar-refractivity contribution is 7.90. The van der Waals surface area contributed by atoms with E-state index in [9.17, 15) is 8.42 Å². The molecule has 5 heteroatoms. The second-order valence-corrected chi connectivity index (χ2v) is 7.10. The van der Waals surface area contributed by atoms with E-state index in [0.29, 0.717) is 11.6 Å². The van der Waals surface area contributed by atoms with Crippen molar-refractivity contribution < 1.29 is 8.42 Å². The zero-order valence-electron chi connectivity index (χ0n) is 11.1. The molecule has 0 aliphatic heterocycles. The molecule has 0 unspecified atom stereocenters. The Morgan fingerprint density at radius 3 is 2.30 bits per heavy atom. The third-order valence-corrected chi connectivity index (χ3v) is 5.09. The number of aryl methyl sites for hydroxylation is 1. The lowest BCUT2D eigenvalue weighted by Crippen LogP contribution is -2.07. The Morgan fingerprint density at radius 2 is 1.75 bits per heavy atom. The van der Waals surface area contributed by atoms with Crippen molar-refractivity contribution in [1.82, 2.24) is 0 Å². The van der Waals surface area contributed by atoms with Crippen LogP contribution in [-0.2, 0) is 22.1 Å². The molecule has 20 heavy (non-hydrogen) atoms. The van der Waals surface area contributed by atoms with Gasteiger partial charge in [0.15, 0.2) is 9.84 Å². The molecule has 0 aromatic heterocycles. The number of benzene rings is 2. The molecular formula is C15H16ClNO2S. The minimum atomic E-state index is -3.36. The molecule has 2 aromatic rings. The molecule has 2 N–H and O–H groups in total. The van der Waals surface area contributed by atoms with Gasteiger partial charge in [-0.3, -0.25) is 0 Å². The van der Waals surface area contributed by atoms with Gasteiger partial charge in [-0.1, -0.05) is 29.8 Å². The first-order valence-electron chi connectivity index (χ1n) is 6.19. The van der Waals surface area contributed by atoms with Crippen molar-refractivity contribution in [3.05, 3.63) is 64.2 Å². The summed E-state index contributed by atoms with van der Waals surface area (Å²) in [7, 11) is -3.36. The summed E-state index contributed by atoms with van der Waals surface area (Å²) in [5.74, 6) is -0.0225. The molecule has 0 aliphatic carbocycles. The lowest BCUT2D eigenvalue weighted by molar-refractivity contribution is 0.595. The van der Waals surface area contributed by atoms with Gasteiger partial charge in [0.2, 0.25) is 0 Å². The lowest BCUT2D eigenvalue weighted by Gasteiger charge is -2.09. The summed E-state index contributed by atoms with van der Waals surface area (Å²) in [5, 5.41) is 0.521. The fourth-order valence-corrected chi connectivity index (χ4v) is 3.55. The molecule has 0 radical (unpaired) electrons. The monoisotopic (exact) mass is 309 g/mol. The third-order valence-electron chi connectivity index (χ3n) is 3.16. The summed E-state index contributed by atoms with van der Waals surface area (Å²) in [5.41, 5.74) is 8.29. The Hall–Kier alpha value is -1.36. The van der Waals surface area contributed by atoms with Crippen LogP contribution in [0.3, 0.4) is 0 Å². The minimum Gasteiger partial charge on any atom is -0.326 e. The highest BCUT2D eigenvalue weighted by atomic mass is 35.5. The average Bonchev–Trinajstić information content (AvgIpc) is 2.41. The Bertz CT molecular complexity index is 709. The Balaban J connectivity index is 2.31. The van der Waals surface area contributed by atoms with Gasteiger partial charge >= 0.3 is 0 Å². The van der Waals surface area contributed by atoms with Crippen LogP contribution in [0.15, 0.2) is 47.4 Å².